The molecule has 1 aliphatic rings. The highest BCUT2D eigenvalue weighted by Crippen LogP contribution is 2.55. The minimum Gasteiger partial charge on any atom is -0.496 e. The fraction of sp³-hybridized carbons (Fsp3) is 0.320. The van der Waals surface area contributed by atoms with Crippen LogP contribution in [0.5, 0.6) is 23.0 Å². The lowest BCUT2D eigenvalue weighted by Gasteiger charge is -2.25. The van der Waals surface area contributed by atoms with Gasteiger partial charge < -0.3 is 18.9 Å². The quantitative estimate of drug-likeness (QED) is 0.415. The Kier molecular flexibility index (Phi) is 5.01. The summed E-state index contributed by atoms with van der Waals surface area (Å²) in [7, 11) is 4.72. The first-order valence-electron chi connectivity index (χ1n) is 10.2. The molecule has 0 spiro atoms. The minimum absolute atomic E-state index is 0.0866. The van der Waals surface area contributed by atoms with Gasteiger partial charge in [-0.15, -0.1) is 0 Å². The summed E-state index contributed by atoms with van der Waals surface area (Å²) < 4.78 is 23.3. The summed E-state index contributed by atoms with van der Waals surface area (Å²) in [6.07, 6.45) is 0. The zero-order valence-corrected chi connectivity index (χ0v) is 20.4. The summed E-state index contributed by atoms with van der Waals surface area (Å²) in [5.41, 5.74) is 3.73. The Bertz CT molecular complexity index is 1240. The maximum absolute atomic E-state index is 13.7. The molecule has 0 atom stereocenters. The molecule has 6 heteroatoms. The van der Waals surface area contributed by atoms with Crippen molar-refractivity contribution in [1.82, 2.24) is 0 Å². The fourth-order valence-electron chi connectivity index (χ4n) is 4.97. The van der Waals surface area contributed by atoms with E-state index in [0.717, 1.165) is 33.2 Å². The Morgan fingerprint density at radius 1 is 0.774 bits per heavy atom. The van der Waals surface area contributed by atoms with Gasteiger partial charge >= 0.3 is 0 Å². The molecule has 1 aliphatic carbocycles. The lowest BCUT2D eigenvalue weighted by atomic mass is 9.96. The highest BCUT2D eigenvalue weighted by Gasteiger charge is 2.40. The first kappa shape index (κ1) is 21.2. The van der Waals surface area contributed by atoms with Crippen molar-refractivity contribution in [3.05, 3.63) is 41.0 Å². The molecule has 3 aromatic rings. The van der Waals surface area contributed by atoms with Crippen molar-refractivity contribution in [3.63, 3.8) is 0 Å². The zero-order chi connectivity index (χ0) is 22.7. The summed E-state index contributed by atoms with van der Waals surface area (Å²) in [4.78, 5) is 13.7. The summed E-state index contributed by atoms with van der Waals surface area (Å²) in [6.45, 7) is 8.90. The van der Waals surface area contributed by atoms with Crippen LogP contribution < -0.4 is 24.1 Å². The van der Waals surface area contributed by atoms with Gasteiger partial charge in [0.1, 0.15) is 23.0 Å². The van der Waals surface area contributed by atoms with Crippen LogP contribution in [0.3, 0.4) is 0 Å². The largest absolute Gasteiger partial charge is 0.496 e. The maximum atomic E-state index is 13.7. The molecule has 0 heterocycles. The van der Waals surface area contributed by atoms with Crippen molar-refractivity contribution in [1.29, 1.82) is 0 Å². The number of aryl methyl sites for hydroxylation is 1. The third-order valence-electron chi connectivity index (χ3n) is 5.98. The second-order valence-corrected chi connectivity index (χ2v) is 13.8. The summed E-state index contributed by atoms with van der Waals surface area (Å²) in [6, 6.07) is 7.72. The van der Waals surface area contributed by atoms with Gasteiger partial charge in [-0.3, -0.25) is 4.79 Å². The molecule has 5 nitrogen and oxygen atoms in total. The number of methoxy groups -OCH3 is 4. The lowest BCUT2D eigenvalue weighted by Crippen LogP contribution is -2.40. The van der Waals surface area contributed by atoms with Crippen molar-refractivity contribution in [2.24, 2.45) is 0 Å². The first-order valence-corrected chi connectivity index (χ1v) is 13.7. The highest BCUT2D eigenvalue weighted by atomic mass is 28.3. The van der Waals surface area contributed by atoms with Gasteiger partial charge in [0.2, 0.25) is 0 Å². The van der Waals surface area contributed by atoms with Gasteiger partial charge in [0.15, 0.2) is 5.78 Å². The van der Waals surface area contributed by atoms with Crippen LogP contribution in [0.4, 0.5) is 0 Å². The van der Waals surface area contributed by atoms with Gasteiger partial charge in [-0.2, -0.15) is 0 Å². The molecule has 162 valence electrons. The lowest BCUT2D eigenvalue weighted by molar-refractivity contribution is 0.104. The smallest absolute Gasteiger partial charge is 0.198 e. The Morgan fingerprint density at radius 2 is 1.42 bits per heavy atom. The Morgan fingerprint density at radius 3 is 1.97 bits per heavy atom. The highest BCUT2D eigenvalue weighted by molar-refractivity contribution is 6.89. The predicted octanol–water partition coefficient (Wildman–Crippen LogP) is 4.94. The molecule has 0 radical (unpaired) electrons. The van der Waals surface area contributed by atoms with E-state index in [0.29, 0.717) is 28.4 Å². The third-order valence-corrected chi connectivity index (χ3v) is 8.11. The summed E-state index contributed by atoms with van der Waals surface area (Å²) >= 11 is 0. The molecular formula is C25H28O5Si. The molecule has 0 saturated carbocycles. The minimum atomic E-state index is -1.78. The molecular weight excluding hydrogens is 408 g/mol. The van der Waals surface area contributed by atoms with E-state index in [1.54, 1.807) is 28.4 Å². The molecule has 0 amide bonds. The number of fused-ring (bicyclic) bond motifs is 4. The third kappa shape index (κ3) is 2.85. The first-order chi connectivity index (χ1) is 14.7. The molecule has 0 fully saturated rings. The van der Waals surface area contributed by atoms with E-state index in [4.69, 9.17) is 18.9 Å². The van der Waals surface area contributed by atoms with Crippen LogP contribution in [0.1, 0.15) is 21.5 Å². The maximum Gasteiger partial charge on any atom is 0.198 e. The number of hydrogen-bond donors (Lipinski definition) is 0. The van der Waals surface area contributed by atoms with Gasteiger partial charge in [-0.25, -0.2) is 0 Å². The number of benzene rings is 3. The molecule has 31 heavy (non-hydrogen) atoms. The molecule has 3 aromatic carbocycles. The SMILES string of the molecule is COc1c2c(cc(C)c1[Si](C)(C)C)C(=O)c1c-2c(OC)c2cccc(OC)c2c1OC. The van der Waals surface area contributed by atoms with E-state index in [2.05, 4.69) is 26.6 Å². The van der Waals surface area contributed by atoms with Crippen LogP contribution in [0.15, 0.2) is 24.3 Å². The second-order valence-electron chi connectivity index (χ2n) is 8.80. The van der Waals surface area contributed by atoms with E-state index in [-0.39, 0.29) is 5.78 Å². The number of hydrogen-bond acceptors (Lipinski definition) is 5. The van der Waals surface area contributed by atoms with E-state index in [1.165, 1.54) is 5.19 Å². The topological polar surface area (TPSA) is 54.0 Å². The Hall–Kier alpha value is -2.99. The average Bonchev–Trinajstić information content (AvgIpc) is 3.02. The summed E-state index contributed by atoms with van der Waals surface area (Å²) in [5.74, 6) is 2.43. The van der Waals surface area contributed by atoms with Crippen LogP contribution in [0, 0.1) is 6.92 Å². The van der Waals surface area contributed by atoms with Crippen LogP contribution in [-0.4, -0.2) is 42.3 Å². The number of carbonyl (C=O) groups is 1. The molecule has 0 aromatic heterocycles. The van der Waals surface area contributed by atoms with Crippen molar-refractivity contribution in [2.45, 2.75) is 26.6 Å². The zero-order valence-electron chi connectivity index (χ0n) is 19.4. The predicted molar refractivity (Wildman–Crippen MR) is 127 cm³/mol. The van der Waals surface area contributed by atoms with Gasteiger partial charge in [-0.1, -0.05) is 31.8 Å². The van der Waals surface area contributed by atoms with Gasteiger partial charge in [-0.05, 0) is 29.8 Å². The van der Waals surface area contributed by atoms with E-state index >= 15 is 0 Å². The number of ether oxygens (including phenoxy) is 4. The monoisotopic (exact) mass is 436 g/mol. The van der Waals surface area contributed by atoms with Gasteiger partial charge in [0.25, 0.3) is 0 Å². The van der Waals surface area contributed by atoms with Gasteiger partial charge in [0.05, 0.1) is 47.5 Å². The second kappa shape index (κ2) is 7.30. The van der Waals surface area contributed by atoms with Crippen LogP contribution in [-0.2, 0) is 0 Å². The van der Waals surface area contributed by atoms with E-state index in [9.17, 15) is 4.79 Å². The molecule has 0 bridgehead atoms. The molecule has 0 aliphatic heterocycles. The number of rotatable bonds is 5. The van der Waals surface area contributed by atoms with Crippen molar-refractivity contribution in [2.75, 3.05) is 28.4 Å². The molecule has 0 saturated heterocycles. The van der Waals surface area contributed by atoms with Crippen molar-refractivity contribution >= 4 is 29.8 Å². The summed E-state index contributed by atoms with van der Waals surface area (Å²) in [5, 5.41) is 2.77. The standard InChI is InChI=1S/C25H28O5Si/c1-13-12-15-18(24(30-5)25(13)31(6,7)8)19-20(21(15)26)23(29-4)17-14(22(19)28-3)10-9-11-16(17)27-2/h9-12H,1-8H3. The molecule has 0 N–H and O–H groups in total. The molecule has 0 unspecified atom stereocenters. The van der Waals surface area contributed by atoms with Crippen molar-refractivity contribution in [3.8, 4) is 34.1 Å². The van der Waals surface area contributed by atoms with Crippen molar-refractivity contribution < 1.29 is 23.7 Å². The average molecular weight is 437 g/mol. The van der Waals surface area contributed by atoms with E-state index < -0.39 is 8.07 Å². The van der Waals surface area contributed by atoms with Crippen LogP contribution >= 0.6 is 0 Å². The number of ketones is 1. The van der Waals surface area contributed by atoms with E-state index in [1.807, 2.05) is 24.3 Å². The Balaban J connectivity index is 2.27. The van der Waals surface area contributed by atoms with Gasteiger partial charge in [0, 0.05) is 22.1 Å². The van der Waals surface area contributed by atoms with Crippen LogP contribution in [0.25, 0.3) is 21.9 Å². The fourth-order valence-corrected chi connectivity index (χ4v) is 7.13. The number of carbonyl (C=O) groups excluding carboxylic acids is 1. The molecule has 4 rings (SSSR count). The normalized spacial score (nSPS) is 12.6. The Labute approximate surface area is 183 Å². The van der Waals surface area contributed by atoms with Crippen LogP contribution in [0.2, 0.25) is 19.6 Å².